The maximum Gasteiger partial charge on any atom is 0.221 e. The molecule has 0 bridgehead atoms. The number of benzene rings is 2. The molecule has 0 aliphatic rings. The molecule has 31 heavy (non-hydrogen) atoms. The van der Waals surface area contributed by atoms with Gasteiger partial charge in [-0.1, -0.05) is 60.5 Å². The van der Waals surface area contributed by atoms with Gasteiger partial charge in [0.25, 0.3) is 0 Å². The summed E-state index contributed by atoms with van der Waals surface area (Å²) in [6.45, 7) is 7.17. The van der Waals surface area contributed by atoms with Crippen molar-refractivity contribution in [3.05, 3.63) is 63.9 Å². The van der Waals surface area contributed by atoms with Gasteiger partial charge in [-0.2, -0.15) is 0 Å². The van der Waals surface area contributed by atoms with Crippen molar-refractivity contribution in [3.63, 3.8) is 0 Å². The Morgan fingerprint density at radius 1 is 1.10 bits per heavy atom. The number of amides is 1. The van der Waals surface area contributed by atoms with Crippen molar-refractivity contribution in [3.8, 4) is 0 Å². The molecule has 7 heteroatoms. The van der Waals surface area contributed by atoms with Gasteiger partial charge < -0.3 is 10.2 Å². The number of fused-ring (bicyclic) bond motifs is 1. The van der Waals surface area contributed by atoms with Crippen LogP contribution < -0.4 is 10.2 Å². The van der Waals surface area contributed by atoms with Crippen LogP contribution in [0.25, 0.3) is 10.9 Å². The molecule has 1 aromatic heterocycles. The average molecular weight is 459 g/mol. The van der Waals surface area contributed by atoms with Gasteiger partial charge in [-0.05, 0) is 38.0 Å². The predicted octanol–water partition coefficient (Wildman–Crippen LogP) is 5.46. The molecule has 0 aliphatic carbocycles. The van der Waals surface area contributed by atoms with Crippen LogP contribution in [0.2, 0.25) is 10.0 Å². The lowest BCUT2D eigenvalue weighted by molar-refractivity contribution is -0.121. The second-order valence-electron chi connectivity index (χ2n) is 7.80. The molecule has 2 aromatic carbocycles. The van der Waals surface area contributed by atoms with Crippen LogP contribution in [0.15, 0.2) is 42.5 Å². The Hall–Kier alpha value is -2.37. The normalized spacial score (nSPS) is 11.2. The number of rotatable bonds is 9. The van der Waals surface area contributed by atoms with Crippen LogP contribution >= 0.6 is 23.2 Å². The Bertz CT molecular complexity index is 1040. The lowest BCUT2D eigenvalue weighted by atomic mass is 10.1. The number of carbonyl (C=O) groups is 1. The summed E-state index contributed by atoms with van der Waals surface area (Å²) in [6.07, 6.45) is 1.88. The number of aromatic nitrogens is 2. The molecule has 3 aromatic rings. The molecule has 1 heterocycles. The smallest absolute Gasteiger partial charge is 0.221 e. The highest BCUT2D eigenvalue weighted by molar-refractivity contribution is 6.38. The molecule has 0 radical (unpaired) electrons. The van der Waals surface area contributed by atoms with Crippen molar-refractivity contribution in [1.29, 1.82) is 0 Å². The minimum absolute atomic E-state index is 0.0184. The fraction of sp³-hybridized carbons (Fsp3) is 0.375. The van der Waals surface area contributed by atoms with E-state index < -0.39 is 0 Å². The van der Waals surface area contributed by atoms with E-state index in [2.05, 4.69) is 27.3 Å². The number of hydrogen-bond acceptors (Lipinski definition) is 4. The largest absolute Gasteiger partial charge is 0.355 e. The number of nitrogens with zero attached hydrogens (tertiary/aromatic N) is 3. The standard InChI is InChI=1S/C24H28Cl2N4O/c1-4-21-28-23-19(14-18(25)15-20(23)26)24(29-21)30(13-11-22(31)27-16(2)3)12-10-17-8-6-5-7-9-17/h5-9,14-16H,4,10-13H2,1-3H3,(H,27,31). The molecule has 1 N–H and O–H groups in total. The molecule has 0 saturated carbocycles. The van der Waals surface area contributed by atoms with Gasteiger partial charge in [0.15, 0.2) is 0 Å². The summed E-state index contributed by atoms with van der Waals surface area (Å²) in [7, 11) is 0. The summed E-state index contributed by atoms with van der Waals surface area (Å²) >= 11 is 12.8. The molecule has 0 spiro atoms. The molecular weight excluding hydrogens is 431 g/mol. The Labute approximate surface area is 193 Å². The summed E-state index contributed by atoms with van der Waals surface area (Å²) in [6, 6.07) is 13.9. The van der Waals surface area contributed by atoms with Gasteiger partial charge >= 0.3 is 0 Å². The molecule has 5 nitrogen and oxygen atoms in total. The third-order valence-corrected chi connectivity index (χ3v) is 5.44. The average Bonchev–Trinajstić information content (AvgIpc) is 2.73. The monoisotopic (exact) mass is 458 g/mol. The first-order chi connectivity index (χ1) is 14.9. The third-order valence-electron chi connectivity index (χ3n) is 4.93. The van der Waals surface area contributed by atoms with Gasteiger partial charge in [-0.3, -0.25) is 4.79 Å². The predicted molar refractivity (Wildman–Crippen MR) is 129 cm³/mol. The van der Waals surface area contributed by atoms with E-state index in [0.29, 0.717) is 47.3 Å². The van der Waals surface area contributed by atoms with Crippen LogP contribution in [0.4, 0.5) is 5.82 Å². The number of anilines is 1. The quantitative estimate of drug-likeness (QED) is 0.462. The van der Waals surface area contributed by atoms with E-state index in [0.717, 1.165) is 17.6 Å². The molecule has 0 saturated heterocycles. The van der Waals surface area contributed by atoms with Crippen molar-refractivity contribution in [2.45, 2.75) is 46.1 Å². The number of nitrogens with one attached hydrogen (secondary N) is 1. The second-order valence-corrected chi connectivity index (χ2v) is 8.64. The van der Waals surface area contributed by atoms with Gasteiger partial charge in [0.1, 0.15) is 11.6 Å². The molecule has 0 unspecified atom stereocenters. The fourth-order valence-electron chi connectivity index (χ4n) is 3.45. The first-order valence-corrected chi connectivity index (χ1v) is 11.4. The highest BCUT2D eigenvalue weighted by Gasteiger charge is 2.18. The van der Waals surface area contributed by atoms with E-state index in [4.69, 9.17) is 28.2 Å². The van der Waals surface area contributed by atoms with Crippen molar-refractivity contribution in [2.75, 3.05) is 18.0 Å². The zero-order chi connectivity index (χ0) is 22.4. The maximum atomic E-state index is 12.3. The number of carbonyl (C=O) groups excluding carboxylic acids is 1. The van der Waals surface area contributed by atoms with Gasteiger partial charge in [-0.15, -0.1) is 0 Å². The highest BCUT2D eigenvalue weighted by Crippen LogP contribution is 2.32. The zero-order valence-electron chi connectivity index (χ0n) is 18.2. The number of hydrogen-bond donors (Lipinski definition) is 1. The number of aryl methyl sites for hydroxylation is 1. The topological polar surface area (TPSA) is 58.1 Å². The molecule has 164 valence electrons. The number of halogens is 2. The molecule has 0 aliphatic heterocycles. The maximum absolute atomic E-state index is 12.3. The van der Waals surface area contributed by atoms with E-state index in [1.807, 2.05) is 45.0 Å². The first-order valence-electron chi connectivity index (χ1n) is 10.6. The summed E-state index contributed by atoms with van der Waals surface area (Å²) in [5, 5.41) is 4.79. The van der Waals surface area contributed by atoms with Crippen LogP contribution in [0, 0.1) is 0 Å². The van der Waals surface area contributed by atoms with Crippen molar-refractivity contribution in [2.24, 2.45) is 0 Å². The van der Waals surface area contributed by atoms with E-state index in [-0.39, 0.29) is 11.9 Å². The third kappa shape index (κ3) is 6.31. The lowest BCUT2D eigenvalue weighted by Crippen LogP contribution is -2.35. The zero-order valence-corrected chi connectivity index (χ0v) is 19.7. The molecule has 1 amide bonds. The Morgan fingerprint density at radius 2 is 1.84 bits per heavy atom. The molecule has 0 fully saturated rings. The highest BCUT2D eigenvalue weighted by atomic mass is 35.5. The lowest BCUT2D eigenvalue weighted by Gasteiger charge is -2.26. The van der Waals surface area contributed by atoms with Crippen molar-refractivity contribution < 1.29 is 4.79 Å². The summed E-state index contributed by atoms with van der Waals surface area (Å²) < 4.78 is 0. The van der Waals surface area contributed by atoms with E-state index >= 15 is 0 Å². The van der Waals surface area contributed by atoms with Gasteiger partial charge in [0.2, 0.25) is 5.91 Å². The van der Waals surface area contributed by atoms with Crippen molar-refractivity contribution >= 4 is 45.8 Å². The van der Waals surface area contributed by atoms with Crippen LogP contribution in [-0.4, -0.2) is 35.0 Å². The van der Waals surface area contributed by atoms with E-state index in [1.54, 1.807) is 6.07 Å². The molecular formula is C24H28Cl2N4O. The molecule has 0 atom stereocenters. The molecule has 3 rings (SSSR count). The second kappa shape index (κ2) is 10.8. The van der Waals surface area contributed by atoms with Crippen LogP contribution in [0.3, 0.4) is 0 Å². The van der Waals surface area contributed by atoms with E-state index in [9.17, 15) is 4.79 Å². The minimum Gasteiger partial charge on any atom is -0.355 e. The van der Waals surface area contributed by atoms with Gasteiger partial charge in [0, 0.05) is 42.4 Å². The van der Waals surface area contributed by atoms with E-state index in [1.165, 1.54) is 5.56 Å². The van der Waals surface area contributed by atoms with Crippen LogP contribution in [0.1, 0.15) is 38.6 Å². The van der Waals surface area contributed by atoms with Gasteiger partial charge in [-0.25, -0.2) is 9.97 Å². The SMILES string of the molecule is CCc1nc(N(CCC(=O)NC(C)C)CCc2ccccc2)c2cc(Cl)cc(Cl)c2n1. The Morgan fingerprint density at radius 3 is 2.52 bits per heavy atom. The fourth-order valence-corrected chi connectivity index (χ4v) is 3.98. The van der Waals surface area contributed by atoms with Crippen LogP contribution in [0.5, 0.6) is 0 Å². The van der Waals surface area contributed by atoms with Gasteiger partial charge in [0.05, 0.1) is 10.5 Å². The minimum atomic E-state index is 0.0184. The van der Waals surface area contributed by atoms with Crippen molar-refractivity contribution in [1.82, 2.24) is 15.3 Å². The summed E-state index contributed by atoms with van der Waals surface area (Å²) in [5.41, 5.74) is 1.91. The van der Waals surface area contributed by atoms with Crippen LogP contribution in [-0.2, 0) is 17.6 Å². The Kier molecular flexibility index (Phi) is 8.10. The summed E-state index contributed by atoms with van der Waals surface area (Å²) in [4.78, 5) is 23.9. The summed E-state index contributed by atoms with van der Waals surface area (Å²) in [5.74, 6) is 1.49. The Balaban J connectivity index is 1.98. The first kappa shape index (κ1) is 23.3.